The molecule has 1 aromatic carbocycles. The Morgan fingerprint density at radius 2 is 2.15 bits per heavy atom. The largest absolute Gasteiger partial charge is 0.395 e. The van der Waals surface area contributed by atoms with E-state index < -0.39 is 10.0 Å². The van der Waals surface area contributed by atoms with Gasteiger partial charge in [0.25, 0.3) is 0 Å². The molecular weight excluding hydrogens is 274 g/mol. The highest BCUT2D eigenvalue weighted by Gasteiger charge is 2.36. The highest BCUT2D eigenvalue weighted by Crippen LogP contribution is 2.32. The highest BCUT2D eigenvalue weighted by molar-refractivity contribution is 7.89. The summed E-state index contributed by atoms with van der Waals surface area (Å²) in [6.45, 7) is 1.93. The normalized spacial score (nSPS) is 16.9. The van der Waals surface area contributed by atoms with Gasteiger partial charge in [-0.1, -0.05) is 17.9 Å². The number of nitrogens with one attached hydrogen (secondary N) is 1. The van der Waals surface area contributed by atoms with Gasteiger partial charge in [-0.3, -0.25) is 0 Å². The Morgan fingerprint density at radius 3 is 2.75 bits per heavy atom. The first kappa shape index (κ1) is 15.0. The quantitative estimate of drug-likeness (QED) is 0.829. The van der Waals surface area contributed by atoms with Crippen LogP contribution in [0.25, 0.3) is 0 Å². The molecule has 0 saturated heterocycles. The molecule has 108 valence electrons. The third-order valence-corrected chi connectivity index (χ3v) is 5.09. The molecule has 2 N–H and O–H groups in total. The maximum absolute atomic E-state index is 12.3. The van der Waals surface area contributed by atoms with Crippen molar-refractivity contribution in [2.24, 2.45) is 0 Å². The standard InChI is InChI=1S/C15H19NO3S/c1-15(9-5-10-15)16-20(18,19)14-8-4-7-13(12-14)6-2-3-11-17/h4,7-8,12,16-17H,3,5,9-11H2,1H3. The van der Waals surface area contributed by atoms with Crippen molar-refractivity contribution in [3.8, 4) is 11.8 Å². The highest BCUT2D eigenvalue weighted by atomic mass is 32.2. The van der Waals surface area contributed by atoms with Gasteiger partial charge in [-0.25, -0.2) is 13.1 Å². The summed E-state index contributed by atoms with van der Waals surface area (Å²) in [5.41, 5.74) is 0.331. The topological polar surface area (TPSA) is 66.4 Å². The second-order valence-corrected chi connectivity index (χ2v) is 7.01. The molecule has 4 nitrogen and oxygen atoms in total. The smallest absolute Gasteiger partial charge is 0.241 e. The van der Waals surface area contributed by atoms with Gasteiger partial charge in [0.15, 0.2) is 0 Å². The van der Waals surface area contributed by atoms with Gasteiger partial charge < -0.3 is 5.11 Å². The van der Waals surface area contributed by atoms with E-state index >= 15 is 0 Å². The van der Waals surface area contributed by atoms with Gasteiger partial charge in [0, 0.05) is 17.5 Å². The van der Waals surface area contributed by atoms with Gasteiger partial charge in [0.2, 0.25) is 10.0 Å². The van der Waals surface area contributed by atoms with E-state index in [0.29, 0.717) is 12.0 Å². The minimum Gasteiger partial charge on any atom is -0.395 e. The second kappa shape index (κ2) is 5.96. The Bertz CT molecular complexity index is 637. The van der Waals surface area contributed by atoms with Gasteiger partial charge in [-0.15, -0.1) is 0 Å². The van der Waals surface area contributed by atoms with Crippen LogP contribution in [-0.2, 0) is 10.0 Å². The first-order chi connectivity index (χ1) is 9.45. The van der Waals surface area contributed by atoms with Crippen LogP contribution in [0, 0.1) is 11.8 Å². The number of benzene rings is 1. The monoisotopic (exact) mass is 293 g/mol. The van der Waals surface area contributed by atoms with E-state index in [-0.39, 0.29) is 17.0 Å². The molecule has 0 spiro atoms. The van der Waals surface area contributed by atoms with Crippen molar-refractivity contribution < 1.29 is 13.5 Å². The fraction of sp³-hybridized carbons (Fsp3) is 0.467. The summed E-state index contributed by atoms with van der Waals surface area (Å²) in [6, 6.07) is 6.57. The molecular formula is C15H19NO3S. The second-order valence-electron chi connectivity index (χ2n) is 5.32. The van der Waals surface area contributed by atoms with Crippen molar-refractivity contribution in [3.63, 3.8) is 0 Å². The van der Waals surface area contributed by atoms with Gasteiger partial charge in [-0.2, -0.15) is 0 Å². The molecule has 5 heteroatoms. The Kier molecular flexibility index (Phi) is 4.48. The molecule has 0 aromatic heterocycles. The molecule has 1 aliphatic rings. The molecule has 0 unspecified atom stereocenters. The number of rotatable bonds is 4. The summed E-state index contributed by atoms with van der Waals surface area (Å²) in [5.74, 6) is 5.63. The summed E-state index contributed by atoms with van der Waals surface area (Å²) in [4.78, 5) is 0.237. The fourth-order valence-corrected chi connectivity index (χ4v) is 3.66. The van der Waals surface area contributed by atoms with E-state index in [1.807, 2.05) is 6.92 Å². The van der Waals surface area contributed by atoms with E-state index in [0.717, 1.165) is 19.3 Å². The lowest BCUT2D eigenvalue weighted by molar-refractivity contribution is 0.248. The Labute approximate surface area is 120 Å². The zero-order valence-corrected chi connectivity index (χ0v) is 12.3. The summed E-state index contributed by atoms with van der Waals surface area (Å²) in [5, 5.41) is 8.68. The molecule has 1 saturated carbocycles. The first-order valence-corrected chi connectivity index (χ1v) is 8.17. The first-order valence-electron chi connectivity index (χ1n) is 6.69. The maximum atomic E-state index is 12.3. The number of aliphatic hydroxyl groups excluding tert-OH is 1. The van der Waals surface area contributed by atoms with Crippen LogP contribution >= 0.6 is 0 Å². The number of hydrogen-bond acceptors (Lipinski definition) is 3. The van der Waals surface area contributed by atoms with Crippen LogP contribution in [0.2, 0.25) is 0 Å². The minimum atomic E-state index is -3.50. The molecule has 0 aliphatic heterocycles. The molecule has 1 aliphatic carbocycles. The van der Waals surface area contributed by atoms with Gasteiger partial charge in [0.05, 0.1) is 11.5 Å². The van der Waals surface area contributed by atoms with Crippen LogP contribution in [-0.4, -0.2) is 25.7 Å². The number of aliphatic hydroxyl groups is 1. The Balaban J connectivity index is 2.20. The van der Waals surface area contributed by atoms with Crippen LogP contribution in [0.5, 0.6) is 0 Å². The van der Waals surface area contributed by atoms with E-state index in [4.69, 9.17) is 5.11 Å². The maximum Gasteiger partial charge on any atom is 0.241 e. The Hall–Kier alpha value is -1.35. The lowest BCUT2D eigenvalue weighted by atomic mass is 9.80. The molecule has 0 radical (unpaired) electrons. The lowest BCUT2D eigenvalue weighted by Gasteiger charge is -2.38. The molecule has 0 amide bonds. The average molecular weight is 293 g/mol. The average Bonchev–Trinajstić information content (AvgIpc) is 2.37. The molecule has 20 heavy (non-hydrogen) atoms. The van der Waals surface area contributed by atoms with Crippen LogP contribution in [0.3, 0.4) is 0 Å². The predicted octanol–water partition coefficient (Wildman–Crippen LogP) is 1.64. The summed E-state index contributed by atoms with van der Waals surface area (Å²) < 4.78 is 27.4. The molecule has 1 aromatic rings. The van der Waals surface area contributed by atoms with Crippen molar-refractivity contribution in [3.05, 3.63) is 29.8 Å². The summed E-state index contributed by atoms with van der Waals surface area (Å²) >= 11 is 0. The molecule has 2 rings (SSSR count). The Morgan fingerprint density at radius 1 is 1.40 bits per heavy atom. The van der Waals surface area contributed by atoms with Crippen molar-refractivity contribution >= 4 is 10.0 Å². The van der Waals surface area contributed by atoms with Gasteiger partial charge in [-0.05, 0) is 44.4 Å². The van der Waals surface area contributed by atoms with Crippen molar-refractivity contribution in [2.45, 2.75) is 43.0 Å². The van der Waals surface area contributed by atoms with Gasteiger partial charge in [0.1, 0.15) is 0 Å². The molecule has 0 atom stereocenters. The predicted molar refractivity (Wildman–Crippen MR) is 77.6 cm³/mol. The van der Waals surface area contributed by atoms with E-state index in [2.05, 4.69) is 16.6 Å². The van der Waals surface area contributed by atoms with Crippen molar-refractivity contribution in [1.82, 2.24) is 4.72 Å². The van der Waals surface area contributed by atoms with Gasteiger partial charge >= 0.3 is 0 Å². The van der Waals surface area contributed by atoms with Crippen molar-refractivity contribution in [2.75, 3.05) is 6.61 Å². The summed E-state index contributed by atoms with van der Waals surface area (Å²) in [6.07, 6.45) is 3.20. The molecule has 0 heterocycles. The molecule has 0 bridgehead atoms. The zero-order valence-electron chi connectivity index (χ0n) is 11.5. The minimum absolute atomic E-state index is 0.00486. The summed E-state index contributed by atoms with van der Waals surface area (Å²) in [7, 11) is -3.50. The zero-order chi connectivity index (χ0) is 14.6. The lowest BCUT2D eigenvalue weighted by Crippen LogP contribution is -2.50. The third kappa shape index (κ3) is 3.60. The van der Waals surface area contributed by atoms with Crippen LogP contribution < -0.4 is 4.72 Å². The van der Waals surface area contributed by atoms with E-state index in [1.165, 1.54) is 0 Å². The van der Waals surface area contributed by atoms with Crippen LogP contribution in [0.1, 0.15) is 38.2 Å². The fourth-order valence-electron chi connectivity index (χ4n) is 2.15. The SMILES string of the molecule is CC1(NS(=O)(=O)c2cccc(C#CCCO)c2)CCC1. The third-order valence-electron chi connectivity index (χ3n) is 3.45. The van der Waals surface area contributed by atoms with Crippen LogP contribution in [0.15, 0.2) is 29.2 Å². The van der Waals surface area contributed by atoms with Crippen LogP contribution in [0.4, 0.5) is 0 Å². The number of hydrogen-bond donors (Lipinski definition) is 2. The van der Waals surface area contributed by atoms with E-state index in [9.17, 15) is 8.42 Å². The number of sulfonamides is 1. The van der Waals surface area contributed by atoms with Crippen molar-refractivity contribution in [1.29, 1.82) is 0 Å². The molecule has 1 fully saturated rings. The van der Waals surface area contributed by atoms with E-state index in [1.54, 1.807) is 24.3 Å².